The van der Waals surface area contributed by atoms with Gasteiger partial charge in [0.1, 0.15) is 11.3 Å². The Labute approximate surface area is 124 Å². The van der Waals surface area contributed by atoms with Crippen molar-refractivity contribution in [2.45, 2.75) is 13.3 Å². The Kier molecular flexibility index (Phi) is 3.57. The van der Waals surface area contributed by atoms with E-state index < -0.39 is 5.91 Å². The van der Waals surface area contributed by atoms with Crippen LogP contribution in [0.2, 0.25) is 0 Å². The molecule has 3 aromatic heterocycles. The third-order valence-electron chi connectivity index (χ3n) is 3.10. The molecule has 3 rings (SSSR count). The van der Waals surface area contributed by atoms with Gasteiger partial charge in [0.15, 0.2) is 4.96 Å². The zero-order valence-electron chi connectivity index (χ0n) is 11.3. The number of carbonyl (C=O) groups excluding carboxylic acids is 1. The molecule has 1 N–H and O–H groups in total. The molecule has 0 aliphatic heterocycles. The van der Waals surface area contributed by atoms with Gasteiger partial charge >= 0.3 is 0 Å². The topological polar surface area (TPSA) is 76.6 Å². The molecule has 0 atom stereocenters. The fraction of sp³-hybridized carbons (Fsp3) is 0.214. The molecule has 0 fully saturated rings. The van der Waals surface area contributed by atoms with Crippen LogP contribution in [0.1, 0.15) is 21.8 Å². The number of amides is 1. The summed E-state index contributed by atoms with van der Waals surface area (Å²) < 4.78 is 6.63. The lowest BCUT2D eigenvalue weighted by atomic mass is 10.3. The molecule has 6 nitrogen and oxygen atoms in total. The summed E-state index contributed by atoms with van der Waals surface area (Å²) in [5.41, 5.74) is 0.487. The SMILES string of the molecule is Cc1csc2ncc(C(=O)NCCc3ccco3)c(=O)n12. The van der Waals surface area contributed by atoms with E-state index in [4.69, 9.17) is 4.42 Å². The lowest BCUT2D eigenvalue weighted by Crippen LogP contribution is -2.32. The van der Waals surface area contributed by atoms with E-state index in [-0.39, 0.29) is 11.1 Å². The molecule has 0 saturated carbocycles. The number of hydrogen-bond donors (Lipinski definition) is 1. The Bertz CT molecular complexity index is 833. The maximum Gasteiger partial charge on any atom is 0.271 e. The van der Waals surface area contributed by atoms with Crippen LogP contribution < -0.4 is 10.9 Å². The third kappa shape index (κ3) is 2.59. The minimum atomic E-state index is -0.418. The van der Waals surface area contributed by atoms with Gasteiger partial charge in [-0.15, -0.1) is 11.3 Å². The third-order valence-corrected chi connectivity index (χ3v) is 4.06. The molecule has 0 unspecified atom stereocenters. The summed E-state index contributed by atoms with van der Waals surface area (Å²) in [6.07, 6.45) is 3.49. The second-order valence-corrected chi connectivity index (χ2v) is 5.39. The number of nitrogens with zero attached hydrogens (tertiary/aromatic N) is 2. The van der Waals surface area contributed by atoms with E-state index in [1.165, 1.54) is 21.9 Å². The number of carbonyl (C=O) groups is 1. The zero-order chi connectivity index (χ0) is 14.8. The summed E-state index contributed by atoms with van der Waals surface area (Å²) in [4.78, 5) is 29.1. The van der Waals surface area contributed by atoms with Crippen LogP contribution in [0.25, 0.3) is 4.96 Å². The van der Waals surface area contributed by atoms with Gasteiger partial charge < -0.3 is 9.73 Å². The molecular formula is C14H13N3O3S. The molecule has 0 aliphatic rings. The molecule has 0 bridgehead atoms. The average molecular weight is 303 g/mol. The Morgan fingerprint density at radius 1 is 1.52 bits per heavy atom. The fourth-order valence-corrected chi connectivity index (χ4v) is 2.86. The second-order valence-electron chi connectivity index (χ2n) is 4.56. The summed E-state index contributed by atoms with van der Waals surface area (Å²) in [6.45, 7) is 2.21. The van der Waals surface area contributed by atoms with Crippen LogP contribution in [0.5, 0.6) is 0 Å². The standard InChI is InChI=1S/C14H13N3O3S/c1-9-8-21-14-16-7-11(13(19)17(9)14)12(18)15-5-4-10-3-2-6-20-10/h2-3,6-8H,4-5H2,1H3,(H,15,18). The van der Waals surface area contributed by atoms with Gasteiger partial charge in [0, 0.05) is 30.2 Å². The normalized spacial score (nSPS) is 10.9. The van der Waals surface area contributed by atoms with E-state index in [9.17, 15) is 9.59 Å². The lowest BCUT2D eigenvalue weighted by molar-refractivity contribution is 0.0951. The fourth-order valence-electron chi connectivity index (χ4n) is 2.03. The number of rotatable bonds is 4. The number of aromatic nitrogens is 2. The van der Waals surface area contributed by atoms with Gasteiger partial charge in [-0.3, -0.25) is 14.0 Å². The number of aryl methyl sites for hydroxylation is 1. The van der Waals surface area contributed by atoms with Gasteiger partial charge in [0.2, 0.25) is 0 Å². The van der Waals surface area contributed by atoms with Gasteiger partial charge in [-0.25, -0.2) is 4.98 Å². The predicted molar refractivity (Wildman–Crippen MR) is 78.8 cm³/mol. The minimum Gasteiger partial charge on any atom is -0.469 e. The van der Waals surface area contributed by atoms with Crippen molar-refractivity contribution in [3.05, 3.63) is 57.3 Å². The van der Waals surface area contributed by atoms with Crippen molar-refractivity contribution in [2.75, 3.05) is 6.54 Å². The van der Waals surface area contributed by atoms with E-state index in [0.717, 1.165) is 11.5 Å². The molecule has 0 radical (unpaired) electrons. The Balaban J connectivity index is 1.77. The summed E-state index contributed by atoms with van der Waals surface area (Å²) in [5, 5.41) is 4.54. The van der Waals surface area contributed by atoms with Crippen molar-refractivity contribution in [3.8, 4) is 0 Å². The number of nitrogens with one attached hydrogen (secondary N) is 1. The van der Waals surface area contributed by atoms with Crippen LogP contribution in [0.4, 0.5) is 0 Å². The summed E-state index contributed by atoms with van der Waals surface area (Å²) in [7, 11) is 0. The number of furan rings is 1. The van der Waals surface area contributed by atoms with Gasteiger partial charge in [-0.1, -0.05) is 0 Å². The highest BCUT2D eigenvalue weighted by molar-refractivity contribution is 7.15. The van der Waals surface area contributed by atoms with Crippen LogP contribution in [0.3, 0.4) is 0 Å². The molecule has 0 aliphatic carbocycles. The molecule has 1 amide bonds. The van der Waals surface area contributed by atoms with Crippen molar-refractivity contribution in [2.24, 2.45) is 0 Å². The smallest absolute Gasteiger partial charge is 0.271 e. The van der Waals surface area contributed by atoms with E-state index in [1.807, 2.05) is 18.4 Å². The lowest BCUT2D eigenvalue weighted by Gasteiger charge is -2.04. The molecule has 7 heteroatoms. The molecular weight excluding hydrogens is 290 g/mol. The molecule has 0 saturated heterocycles. The molecule has 0 aromatic carbocycles. The molecule has 3 heterocycles. The number of thiazole rings is 1. The molecule has 3 aromatic rings. The van der Waals surface area contributed by atoms with Crippen molar-refractivity contribution in [1.82, 2.24) is 14.7 Å². The van der Waals surface area contributed by atoms with E-state index >= 15 is 0 Å². The Morgan fingerprint density at radius 2 is 2.38 bits per heavy atom. The van der Waals surface area contributed by atoms with Crippen molar-refractivity contribution >= 4 is 22.2 Å². The summed E-state index contributed by atoms with van der Waals surface area (Å²) in [6, 6.07) is 3.63. The van der Waals surface area contributed by atoms with Crippen LogP contribution in [0, 0.1) is 6.92 Å². The van der Waals surface area contributed by atoms with Crippen molar-refractivity contribution in [3.63, 3.8) is 0 Å². The van der Waals surface area contributed by atoms with Crippen LogP contribution in [0.15, 0.2) is 39.2 Å². The van der Waals surface area contributed by atoms with Gasteiger partial charge in [0.05, 0.1) is 6.26 Å². The second kappa shape index (κ2) is 5.53. The van der Waals surface area contributed by atoms with Crippen LogP contribution in [-0.2, 0) is 6.42 Å². The van der Waals surface area contributed by atoms with E-state index in [1.54, 1.807) is 12.3 Å². The molecule has 108 valence electrons. The highest BCUT2D eigenvalue weighted by Gasteiger charge is 2.14. The monoisotopic (exact) mass is 303 g/mol. The van der Waals surface area contributed by atoms with Gasteiger partial charge in [-0.05, 0) is 19.1 Å². The van der Waals surface area contributed by atoms with Crippen molar-refractivity contribution < 1.29 is 9.21 Å². The average Bonchev–Trinajstić information content (AvgIpc) is 3.09. The van der Waals surface area contributed by atoms with E-state index in [2.05, 4.69) is 10.3 Å². The van der Waals surface area contributed by atoms with Crippen LogP contribution in [-0.4, -0.2) is 21.8 Å². The predicted octanol–water partition coefficient (Wildman–Crippen LogP) is 1.63. The summed E-state index contributed by atoms with van der Waals surface area (Å²) in [5.74, 6) is 0.369. The Hall–Kier alpha value is -2.41. The zero-order valence-corrected chi connectivity index (χ0v) is 12.1. The highest BCUT2D eigenvalue weighted by Crippen LogP contribution is 2.10. The van der Waals surface area contributed by atoms with Crippen LogP contribution >= 0.6 is 11.3 Å². The summed E-state index contributed by atoms with van der Waals surface area (Å²) >= 11 is 1.37. The van der Waals surface area contributed by atoms with Crippen molar-refractivity contribution in [1.29, 1.82) is 0 Å². The molecule has 21 heavy (non-hydrogen) atoms. The van der Waals surface area contributed by atoms with E-state index in [0.29, 0.717) is 17.9 Å². The highest BCUT2D eigenvalue weighted by atomic mass is 32.1. The first kappa shape index (κ1) is 13.6. The number of fused-ring (bicyclic) bond motifs is 1. The first-order chi connectivity index (χ1) is 10.2. The molecule has 0 spiro atoms. The maximum atomic E-state index is 12.3. The quantitative estimate of drug-likeness (QED) is 0.794. The van der Waals surface area contributed by atoms with Gasteiger partial charge in [0.25, 0.3) is 11.5 Å². The first-order valence-electron chi connectivity index (χ1n) is 6.43. The first-order valence-corrected chi connectivity index (χ1v) is 7.31. The largest absolute Gasteiger partial charge is 0.469 e. The van der Waals surface area contributed by atoms with Gasteiger partial charge in [-0.2, -0.15) is 0 Å². The maximum absolute atomic E-state index is 12.3. The number of hydrogen-bond acceptors (Lipinski definition) is 5. The Morgan fingerprint density at radius 3 is 3.14 bits per heavy atom. The minimum absolute atomic E-state index is 0.0495.